The van der Waals surface area contributed by atoms with E-state index in [2.05, 4.69) is 20.5 Å². The number of hydrogen-bond donors (Lipinski definition) is 2. The number of hydrogen-bond acceptors (Lipinski definition) is 6. The third kappa shape index (κ3) is 4.93. The smallest absolute Gasteiger partial charge is 0.270 e. The average Bonchev–Trinajstić information content (AvgIpc) is 2.64. The van der Waals surface area contributed by atoms with E-state index in [1.165, 1.54) is 0 Å². The molecule has 1 amide bonds. The predicted molar refractivity (Wildman–Crippen MR) is 99.6 cm³/mol. The summed E-state index contributed by atoms with van der Waals surface area (Å²) < 4.78 is 5.71. The normalized spacial score (nSPS) is 11.6. The number of carbonyl (C=O) groups excluding carboxylic acids is 1. The van der Waals surface area contributed by atoms with Gasteiger partial charge in [0.05, 0.1) is 5.25 Å². The van der Waals surface area contributed by atoms with E-state index >= 15 is 0 Å². The number of benzene rings is 2. The molecular formula is C18H16N4O3S. The molecule has 0 aliphatic rings. The van der Waals surface area contributed by atoms with Crippen molar-refractivity contribution in [3.63, 3.8) is 0 Å². The number of para-hydroxylation sites is 1. The van der Waals surface area contributed by atoms with Crippen LogP contribution in [0.15, 0.2) is 70.7 Å². The summed E-state index contributed by atoms with van der Waals surface area (Å²) in [5.74, 6) is 1.21. The molecule has 8 heteroatoms. The fourth-order valence-electron chi connectivity index (χ4n) is 2.05. The molecule has 3 rings (SSSR count). The van der Waals surface area contributed by atoms with Crippen LogP contribution in [0.1, 0.15) is 6.92 Å². The molecule has 1 atom stereocenters. The molecule has 1 heterocycles. The highest BCUT2D eigenvalue weighted by atomic mass is 32.2. The summed E-state index contributed by atoms with van der Waals surface area (Å²) in [6.45, 7) is 1.72. The molecule has 3 aromatic rings. The van der Waals surface area contributed by atoms with Crippen LogP contribution in [-0.4, -0.2) is 26.3 Å². The summed E-state index contributed by atoms with van der Waals surface area (Å²) in [7, 11) is 0. The van der Waals surface area contributed by atoms with Gasteiger partial charge in [-0.25, -0.2) is 0 Å². The maximum absolute atomic E-state index is 12.3. The van der Waals surface area contributed by atoms with Gasteiger partial charge >= 0.3 is 0 Å². The Kier molecular flexibility index (Phi) is 5.65. The van der Waals surface area contributed by atoms with Crippen LogP contribution in [0, 0.1) is 0 Å². The number of aromatic nitrogens is 3. The Bertz CT molecular complexity index is 929. The Hall–Kier alpha value is -3.13. The summed E-state index contributed by atoms with van der Waals surface area (Å²) in [6, 6.07) is 16.5. The van der Waals surface area contributed by atoms with E-state index in [4.69, 9.17) is 4.74 Å². The summed E-state index contributed by atoms with van der Waals surface area (Å²) >= 11 is 1.12. The van der Waals surface area contributed by atoms with Gasteiger partial charge in [0, 0.05) is 5.69 Å². The number of anilines is 1. The van der Waals surface area contributed by atoms with Gasteiger partial charge in [0.1, 0.15) is 17.7 Å². The third-order valence-electron chi connectivity index (χ3n) is 3.31. The van der Waals surface area contributed by atoms with Gasteiger partial charge in [0.2, 0.25) is 5.91 Å². The zero-order chi connectivity index (χ0) is 18.4. The Morgan fingerprint density at radius 2 is 1.81 bits per heavy atom. The lowest BCUT2D eigenvalue weighted by Gasteiger charge is -2.11. The van der Waals surface area contributed by atoms with Crippen LogP contribution < -0.4 is 15.6 Å². The average molecular weight is 368 g/mol. The highest BCUT2D eigenvalue weighted by Gasteiger charge is 2.16. The van der Waals surface area contributed by atoms with Crippen molar-refractivity contribution in [1.29, 1.82) is 0 Å². The maximum atomic E-state index is 12.3. The van der Waals surface area contributed by atoms with Crippen LogP contribution in [0.4, 0.5) is 5.69 Å². The summed E-state index contributed by atoms with van der Waals surface area (Å²) in [5, 5.41) is 10.00. The standard InChI is InChI=1S/C18H16N4O3S/c1-12(26-18-21-16(23)11-19-22-18)17(24)20-13-7-9-15(10-8-13)25-14-5-3-2-4-6-14/h2-12H,1H3,(H,20,24)(H,21,22,23). The second kappa shape index (κ2) is 8.30. The number of ether oxygens (including phenoxy) is 1. The van der Waals surface area contributed by atoms with Crippen LogP contribution in [0.2, 0.25) is 0 Å². The van der Waals surface area contributed by atoms with E-state index in [0.29, 0.717) is 16.6 Å². The molecular weight excluding hydrogens is 352 g/mol. The molecule has 26 heavy (non-hydrogen) atoms. The number of H-pyrrole nitrogens is 1. The molecule has 0 fully saturated rings. The van der Waals surface area contributed by atoms with E-state index in [0.717, 1.165) is 23.7 Å². The number of amides is 1. The lowest BCUT2D eigenvalue weighted by molar-refractivity contribution is -0.115. The van der Waals surface area contributed by atoms with Crippen LogP contribution in [0.25, 0.3) is 0 Å². The molecule has 0 bridgehead atoms. The first-order chi connectivity index (χ1) is 12.6. The number of rotatable bonds is 6. The number of thioether (sulfide) groups is 1. The zero-order valence-electron chi connectivity index (χ0n) is 13.9. The van der Waals surface area contributed by atoms with Gasteiger partial charge in [-0.3, -0.25) is 14.6 Å². The fourth-order valence-corrected chi connectivity index (χ4v) is 2.80. The first-order valence-corrected chi connectivity index (χ1v) is 8.70. The van der Waals surface area contributed by atoms with Gasteiger partial charge in [-0.15, -0.1) is 5.10 Å². The molecule has 0 spiro atoms. The van der Waals surface area contributed by atoms with Gasteiger partial charge in [-0.2, -0.15) is 5.10 Å². The first-order valence-electron chi connectivity index (χ1n) is 7.82. The summed E-state index contributed by atoms with van der Waals surface area (Å²) in [6.07, 6.45) is 1.08. The third-order valence-corrected chi connectivity index (χ3v) is 4.29. The number of carbonyl (C=O) groups is 1. The van der Waals surface area contributed by atoms with Crippen molar-refractivity contribution in [3.05, 3.63) is 71.1 Å². The van der Waals surface area contributed by atoms with Crippen molar-refractivity contribution in [2.45, 2.75) is 17.3 Å². The Labute approximate surface area is 153 Å². The van der Waals surface area contributed by atoms with Crippen molar-refractivity contribution in [2.24, 2.45) is 0 Å². The lowest BCUT2D eigenvalue weighted by atomic mass is 10.3. The molecule has 132 valence electrons. The monoisotopic (exact) mass is 368 g/mol. The molecule has 0 saturated carbocycles. The molecule has 0 radical (unpaired) electrons. The molecule has 2 N–H and O–H groups in total. The van der Waals surface area contributed by atoms with Crippen LogP contribution >= 0.6 is 11.8 Å². The van der Waals surface area contributed by atoms with Gasteiger partial charge in [-0.1, -0.05) is 30.0 Å². The Balaban J connectivity index is 1.57. The second-order valence-corrected chi connectivity index (χ2v) is 6.66. The van der Waals surface area contributed by atoms with E-state index in [1.54, 1.807) is 31.2 Å². The molecule has 1 aromatic heterocycles. The number of nitrogens with one attached hydrogen (secondary N) is 2. The minimum absolute atomic E-state index is 0.210. The largest absolute Gasteiger partial charge is 0.457 e. The van der Waals surface area contributed by atoms with E-state index in [1.807, 2.05) is 30.3 Å². The molecule has 0 saturated heterocycles. The van der Waals surface area contributed by atoms with Gasteiger partial charge < -0.3 is 10.1 Å². The van der Waals surface area contributed by atoms with Gasteiger partial charge in [-0.05, 0) is 43.3 Å². The fraction of sp³-hybridized carbons (Fsp3) is 0.111. The molecule has 0 aliphatic heterocycles. The molecule has 2 aromatic carbocycles. The first kappa shape index (κ1) is 17.7. The van der Waals surface area contributed by atoms with E-state index in [-0.39, 0.29) is 11.5 Å². The van der Waals surface area contributed by atoms with Crippen molar-refractivity contribution in [1.82, 2.24) is 15.2 Å². The van der Waals surface area contributed by atoms with Crippen molar-refractivity contribution in [3.8, 4) is 11.5 Å². The lowest BCUT2D eigenvalue weighted by Crippen LogP contribution is -2.23. The van der Waals surface area contributed by atoms with Gasteiger partial charge in [0.25, 0.3) is 5.56 Å². The summed E-state index contributed by atoms with van der Waals surface area (Å²) in [5.41, 5.74) is 0.291. The van der Waals surface area contributed by atoms with E-state index in [9.17, 15) is 9.59 Å². The quantitative estimate of drug-likeness (QED) is 0.649. The van der Waals surface area contributed by atoms with Crippen LogP contribution in [0.5, 0.6) is 11.5 Å². The van der Waals surface area contributed by atoms with Crippen molar-refractivity contribution >= 4 is 23.4 Å². The number of aromatic amines is 1. The predicted octanol–water partition coefficient (Wildman–Crippen LogP) is 3.08. The Morgan fingerprint density at radius 1 is 1.12 bits per heavy atom. The van der Waals surface area contributed by atoms with Gasteiger partial charge in [0.15, 0.2) is 5.16 Å². The van der Waals surface area contributed by atoms with Crippen LogP contribution in [0.3, 0.4) is 0 Å². The SMILES string of the molecule is CC(Sc1nncc(=O)[nH]1)C(=O)Nc1ccc(Oc2ccccc2)cc1. The molecule has 7 nitrogen and oxygen atoms in total. The minimum atomic E-state index is -0.456. The highest BCUT2D eigenvalue weighted by Crippen LogP contribution is 2.23. The minimum Gasteiger partial charge on any atom is -0.457 e. The van der Waals surface area contributed by atoms with Crippen molar-refractivity contribution < 1.29 is 9.53 Å². The topological polar surface area (TPSA) is 97.0 Å². The van der Waals surface area contributed by atoms with Crippen LogP contribution in [-0.2, 0) is 4.79 Å². The maximum Gasteiger partial charge on any atom is 0.270 e. The molecule has 1 unspecified atom stereocenters. The second-order valence-electron chi connectivity index (χ2n) is 5.33. The van der Waals surface area contributed by atoms with E-state index < -0.39 is 5.25 Å². The number of nitrogens with zero attached hydrogens (tertiary/aromatic N) is 2. The zero-order valence-corrected chi connectivity index (χ0v) is 14.7. The Morgan fingerprint density at radius 3 is 2.50 bits per heavy atom. The highest BCUT2D eigenvalue weighted by molar-refractivity contribution is 8.00. The van der Waals surface area contributed by atoms with Crippen molar-refractivity contribution in [2.75, 3.05) is 5.32 Å². The molecule has 0 aliphatic carbocycles. The summed E-state index contributed by atoms with van der Waals surface area (Å²) in [4.78, 5) is 26.0.